The number of benzene rings is 3. The topological polar surface area (TPSA) is 141 Å². The van der Waals surface area contributed by atoms with E-state index in [0.29, 0.717) is 0 Å². The second-order valence-corrected chi connectivity index (χ2v) is 20.6. The van der Waals surface area contributed by atoms with Crippen molar-refractivity contribution in [2.75, 3.05) is 11.9 Å². The van der Waals surface area contributed by atoms with Gasteiger partial charge in [0.1, 0.15) is 23.9 Å². The van der Waals surface area contributed by atoms with E-state index < -0.39 is 44.0 Å². The molecule has 1 unspecified atom stereocenters. The molecule has 3 aromatic carbocycles. The number of nitrogens with zero attached hydrogens (tertiary/aromatic N) is 3. The van der Waals surface area contributed by atoms with Crippen molar-refractivity contribution in [2.24, 2.45) is 5.92 Å². The first-order chi connectivity index (χ1) is 25.0. The summed E-state index contributed by atoms with van der Waals surface area (Å²) in [4.78, 5) is 37.3. The number of hydrogen-bond acceptors (Lipinski definition) is 8. The Kier molecular flexibility index (Phi) is 13.2. The molecule has 3 heterocycles. The Hall–Kier alpha value is -4.46. The molecule has 2 aromatic heterocycles. The van der Waals surface area contributed by atoms with E-state index in [1.54, 1.807) is 18.4 Å². The van der Waals surface area contributed by atoms with Gasteiger partial charge in [-0.05, 0) is 48.7 Å². The molecule has 3 N–H and O–H groups in total. The molecule has 1 aliphatic heterocycles. The summed E-state index contributed by atoms with van der Waals surface area (Å²) in [7, 11) is -2.51. The van der Waals surface area contributed by atoms with Crippen molar-refractivity contribution < 1.29 is 23.8 Å². The zero-order chi connectivity index (χ0) is 38.3. The van der Waals surface area contributed by atoms with Crippen molar-refractivity contribution >= 4 is 31.3 Å². The first kappa shape index (κ1) is 43.3. The molecule has 55 heavy (non-hydrogen) atoms. The third-order valence-corrected chi connectivity index (χ3v) is 15.1. The number of hydrogen-bond donors (Lipinski definition) is 3. The summed E-state index contributed by atoms with van der Waals surface area (Å²) in [6.45, 7) is 18.2. The molecule has 296 valence electrons. The summed E-state index contributed by atoms with van der Waals surface area (Å²) in [5.41, 5.74) is 3.70. The van der Waals surface area contributed by atoms with Gasteiger partial charge in [-0.1, -0.05) is 139 Å². The molecule has 0 bridgehead atoms. The van der Waals surface area contributed by atoms with Gasteiger partial charge in [-0.3, -0.25) is 24.5 Å². The highest BCUT2D eigenvalue weighted by Crippen LogP contribution is 2.45. The smallest absolute Gasteiger partial charge is 0.280 e. The number of aromatic nitrogens is 4. The Bertz CT molecular complexity index is 2060. The number of aromatic amines is 1. The van der Waals surface area contributed by atoms with Gasteiger partial charge in [0, 0.05) is 5.92 Å². The Morgan fingerprint density at radius 3 is 2.02 bits per heavy atom. The maximum absolute atomic E-state index is 13.2. The molecule has 0 saturated carbocycles. The summed E-state index contributed by atoms with van der Waals surface area (Å²) in [6.07, 6.45) is -2.30. The number of aryl methyl sites for hydroxylation is 2. The number of ether oxygens (including phenoxy) is 2. The first-order valence-corrected chi connectivity index (χ1v) is 21.1. The minimum absolute atomic E-state index is 0. The van der Waals surface area contributed by atoms with Crippen LogP contribution in [-0.2, 0) is 24.3 Å². The monoisotopic (exact) mass is 769 g/mol. The molecule has 6 rings (SSSR count). The van der Waals surface area contributed by atoms with Crippen LogP contribution in [0.4, 0.5) is 5.95 Å². The van der Waals surface area contributed by atoms with Crippen molar-refractivity contribution in [2.45, 2.75) is 112 Å². The van der Waals surface area contributed by atoms with Gasteiger partial charge >= 0.3 is 0 Å². The third-order valence-electron chi connectivity index (χ3n) is 10.6. The van der Waals surface area contributed by atoms with Crippen LogP contribution in [0.2, 0.25) is 18.1 Å². The van der Waals surface area contributed by atoms with Crippen molar-refractivity contribution in [3.63, 3.8) is 0 Å². The van der Waals surface area contributed by atoms with Crippen LogP contribution >= 0.6 is 0 Å². The van der Waals surface area contributed by atoms with Crippen LogP contribution in [0.3, 0.4) is 0 Å². The second kappa shape index (κ2) is 16.7. The van der Waals surface area contributed by atoms with Gasteiger partial charge in [-0.15, -0.1) is 0 Å². The fourth-order valence-electron chi connectivity index (χ4n) is 6.36. The van der Waals surface area contributed by atoms with Crippen molar-refractivity contribution in [1.82, 2.24) is 19.5 Å². The van der Waals surface area contributed by atoms with Crippen molar-refractivity contribution in [3.8, 4) is 0 Å². The molecule has 1 saturated heterocycles. The number of imidazole rings is 1. The number of anilines is 1. The highest BCUT2D eigenvalue weighted by Gasteiger charge is 2.52. The van der Waals surface area contributed by atoms with E-state index in [-0.39, 0.29) is 55.4 Å². The standard InChI is InChI=1S/C41H51N5O6Si.2CH4/c1-25(2)36(48)44-39-43-35-32(37(49)45-39)42-24-46(35)38-34(52-53(8,9)40(5,6)7)33(47)31(51-38)23-50-41(28-13-11-10-12-14-28,29-19-15-26(3)16-20-29)30-21-17-27(4)18-22-30;;/h10-22,24-25,31,33-34,38,47H,23H2,1-9H3,(H2,43,44,45,48,49);2*1H4/t31-,33?,34+,38-;;/m1../s1. The van der Waals surface area contributed by atoms with Gasteiger partial charge in [-0.25, -0.2) is 4.98 Å². The highest BCUT2D eigenvalue weighted by molar-refractivity contribution is 6.74. The van der Waals surface area contributed by atoms with E-state index in [1.807, 2.05) is 30.3 Å². The Morgan fingerprint density at radius 1 is 0.945 bits per heavy atom. The minimum Gasteiger partial charge on any atom is -0.407 e. The largest absolute Gasteiger partial charge is 0.407 e. The molecule has 4 atom stereocenters. The van der Waals surface area contributed by atoms with Gasteiger partial charge in [0.25, 0.3) is 5.56 Å². The Labute approximate surface area is 326 Å². The van der Waals surface area contributed by atoms with E-state index >= 15 is 0 Å². The molecule has 1 fully saturated rings. The Morgan fingerprint density at radius 2 is 1.49 bits per heavy atom. The van der Waals surface area contributed by atoms with E-state index in [2.05, 4.69) is 117 Å². The zero-order valence-electron chi connectivity index (χ0n) is 32.0. The first-order valence-electron chi connectivity index (χ1n) is 18.1. The predicted octanol–water partition coefficient (Wildman–Crippen LogP) is 8.26. The normalized spacial score (nSPS) is 18.9. The van der Waals surface area contributed by atoms with Crippen LogP contribution in [-0.4, -0.2) is 63.8 Å². The molecule has 5 aromatic rings. The molecule has 0 aliphatic carbocycles. The summed E-state index contributed by atoms with van der Waals surface area (Å²) in [5.74, 6) is -0.640. The fraction of sp³-hybridized carbons (Fsp3) is 0.442. The summed E-state index contributed by atoms with van der Waals surface area (Å²) < 4.78 is 22.4. The van der Waals surface area contributed by atoms with Gasteiger partial charge in [-0.2, -0.15) is 4.98 Å². The summed E-state index contributed by atoms with van der Waals surface area (Å²) in [6, 6.07) is 26.7. The molecule has 1 amide bonds. The second-order valence-electron chi connectivity index (χ2n) is 15.9. The van der Waals surface area contributed by atoms with E-state index in [4.69, 9.17) is 13.9 Å². The third kappa shape index (κ3) is 8.53. The van der Waals surface area contributed by atoms with Gasteiger partial charge in [0.15, 0.2) is 25.7 Å². The number of carbonyl (C=O) groups excluding carboxylic acids is 1. The lowest BCUT2D eigenvalue weighted by molar-refractivity contribution is -0.118. The maximum Gasteiger partial charge on any atom is 0.280 e. The van der Waals surface area contributed by atoms with Crippen LogP contribution in [0.15, 0.2) is 90.0 Å². The van der Waals surface area contributed by atoms with Gasteiger partial charge in [0.05, 0.1) is 12.9 Å². The molecule has 1 aliphatic rings. The lowest BCUT2D eigenvalue weighted by atomic mass is 9.79. The van der Waals surface area contributed by atoms with Crippen molar-refractivity contribution in [1.29, 1.82) is 0 Å². The lowest BCUT2D eigenvalue weighted by Gasteiger charge is -2.40. The lowest BCUT2D eigenvalue weighted by Crippen LogP contribution is -2.49. The van der Waals surface area contributed by atoms with Crippen LogP contribution in [0.25, 0.3) is 11.2 Å². The number of nitrogens with one attached hydrogen (secondary N) is 2. The molecule has 11 nitrogen and oxygen atoms in total. The van der Waals surface area contributed by atoms with Crippen molar-refractivity contribution in [3.05, 3.63) is 123 Å². The van der Waals surface area contributed by atoms with Crippen LogP contribution in [0.1, 0.15) is 83.5 Å². The fourth-order valence-corrected chi connectivity index (χ4v) is 7.65. The molecular formula is C43H59N5O6Si. The highest BCUT2D eigenvalue weighted by atomic mass is 28.4. The minimum atomic E-state index is -2.51. The number of aliphatic hydroxyl groups is 1. The predicted molar refractivity (Wildman–Crippen MR) is 222 cm³/mol. The molecule has 0 radical (unpaired) electrons. The van der Waals surface area contributed by atoms with E-state index in [9.17, 15) is 14.7 Å². The average molecular weight is 770 g/mol. The molecular weight excluding hydrogens is 711 g/mol. The number of rotatable bonds is 11. The summed E-state index contributed by atoms with van der Waals surface area (Å²) >= 11 is 0. The quantitative estimate of drug-likeness (QED) is 0.0902. The number of amides is 1. The van der Waals surface area contributed by atoms with Crippen LogP contribution < -0.4 is 10.9 Å². The van der Waals surface area contributed by atoms with Crippen LogP contribution in [0.5, 0.6) is 0 Å². The van der Waals surface area contributed by atoms with E-state index in [1.165, 1.54) is 6.33 Å². The van der Waals surface area contributed by atoms with Gasteiger partial charge in [0.2, 0.25) is 11.9 Å². The number of aliphatic hydroxyl groups excluding tert-OH is 1. The SMILES string of the molecule is C.C.Cc1ccc(C(OC[C@H]2O[C@@H](n3cnc4c(=O)[nH]c(NC(=O)C(C)C)nc43)[C@@H](O[Si](C)(C)C(C)(C)C)C2O)(c2ccccc2)c2ccc(C)cc2)cc1. The number of carbonyl (C=O) groups is 1. The maximum atomic E-state index is 13.2. The Balaban J connectivity index is 0.00000336. The number of fused-ring (bicyclic) bond motifs is 1. The van der Waals surface area contributed by atoms with E-state index in [0.717, 1.165) is 27.8 Å². The molecule has 12 heteroatoms. The van der Waals surface area contributed by atoms with Gasteiger partial charge < -0.3 is 19.0 Å². The summed E-state index contributed by atoms with van der Waals surface area (Å²) in [5, 5.41) is 14.7. The molecule has 0 spiro atoms. The average Bonchev–Trinajstić information content (AvgIpc) is 3.66. The zero-order valence-corrected chi connectivity index (χ0v) is 33.0. The number of H-pyrrole nitrogens is 1. The van der Waals surface area contributed by atoms with Crippen LogP contribution in [0, 0.1) is 19.8 Å².